The molecule has 0 spiro atoms. The minimum atomic E-state index is -4.95. The first-order chi connectivity index (χ1) is 5.45. The van der Waals surface area contributed by atoms with E-state index in [2.05, 4.69) is 21.0 Å². The SMILES string of the molecule is CCn1nc(Br)cc1[B-](F)(F)F.[K+]. The van der Waals surface area contributed by atoms with Crippen molar-refractivity contribution in [2.24, 2.45) is 0 Å². The molecule has 1 aromatic rings. The topological polar surface area (TPSA) is 17.8 Å². The average molecular weight is 281 g/mol. The Morgan fingerprint density at radius 1 is 1.54 bits per heavy atom. The van der Waals surface area contributed by atoms with Crippen LogP contribution in [0.4, 0.5) is 12.9 Å². The zero-order valence-electron chi connectivity index (χ0n) is 7.27. The fourth-order valence-corrected chi connectivity index (χ4v) is 1.34. The average Bonchev–Trinajstić information content (AvgIpc) is 2.29. The van der Waals surface area contributed by atoms with E-state index >= 15 is 0 Å². The number of aryl methyl sites for hydroxylation is 1. The molecule has 0 aliphatic heterocycles. The van der Waals surface area contributed by atoms with Crippen LogP contribution in [-0.4, -0.2) is 16.8 Å². The number of nitrogens with zero attached hydrogens (tertiary/aromatic N) is 2. The van der Waals surface area contributed by atoms with Gasteiger partial charge in [-0.25, -0.2) is 0 Å². The summed E-state index contributed by atoms with van der Waals surface area (Å²) in [4.78, 5) is 0. The predicted molar refractivity (Wildman–Crippen MR) is 44.3 cm³/mol. The van der Waals surface area contributed by atoms with Crippen LogP contribution in [0, 0.1) is 0 Å². The van der Waals surface area contributed by atoms with Crippen molar-refractivity contribution in [3.8, 4) is 0 Å². The van der Waals surface area contributed by atoms with Gasteiger partial charge >= 0.3 is 58.4 Å². The van der Waals surface area contributed by atoms with Crippen molar-refractivity contribution in [1.29, 1.82) is 0 Å². The van der Waals surface area contributed by atoms with E-state index in [1.54, 1.807) is 6.92 Å². The molecule has 0 aliphatic carbocycles. The Morgan fingerprint density at radius 2 is 2.08 bits per heavy atom. The molecule has 0 fully saturated rings. The molecule has 0 atom stereocenters. The molecule has 0 aromatic carbocycles. The summed E-state index contributed by atoms with van der Waals surface area (Å²) < 4.78 is 37.8. The van der Waals surface area contributed by atoms with Gasteiger partial charge in [0, 0.05) is 6.54 Å². The van der Waals surface area contributed by atoms with Crippen LogP contribution >= 0.6 is 15.9 Å². The van der Waals surface area contributed by atoms with Crippen molar-refractivity contribution in [1.82, 2.24) is 9.78 Å². The second-order valence-corrected chi connectivity index (χ2v) is 3.09. The summed E-state index contributed by atoms with van der Waals surface area (Å²) in [7, 11) is 0. The fourth-order valence-electron chi connectivity index (χ4n) is 0.915. The standard InChI is InChI=1S/C5H6BBrF3N2.K/c1-2-12-4(6(8,9)10)3-5(7)11-12;/h3H,2H2,1H3;/q-1;+1. The van der Waals surface area contributed by atoms with Crippen LogP contribution in [0.2, 0.25) is 0 Å². The summed E-state index contributed by atoms with van der Waals surface area (Å²) in [5.74, 6) is 0. The summed E-state index contributed by atoms with van der Waals surface area (Å²) in [6, 6.07) is 0.990. The predicted octanol–water partition coefficient (Wildman–Crippen LogP) is -1.28. The van der Waals surface area contributed by atoms with Crippen molar-refractivity contribution in [2.75, 3.05) is 0 Å². The van der Waals surface area contributed by atoms with E-state index in [1.807, 2.05) is 0 Å². The molecule has 0 aliphatic rings. The Labute approximate surface area is 125 Å². The Morgan fingerprint density at radius 3 is 2.38 bits per heavy atom. The Bertz CT molecular complexity index is 288. The first-order valence-corrected chi connectivity index (χ1v) is 4.17. The van der Waals surface area contributed by atoms with Crippen LogP contribution in [0.5, 0.6) is 0 Å². The van der Waals surface area contributed by atoms with Crippen LogP contribution in [0.3, 0.4) is 0 Å². The van der Waals surface area contributed by atoms with E-state index in [9.17, 15) is 12.9 Å². The van der Waals surface area contributed by atoms with Crippen molar-refractivity contribution in [3.05, 3.63) is 10.7 Å². The number of hydrogen-bond acceptors (Lipinski definition) is 1. The minimum Gasteiger partial charge on any atom is -0.444 e. The third kappa shape index (κ3) is 3.67. The van der Waals surface area contributed by atoms with Gasteiger partial charge in [0.15, 0.2) is 0 Å². The van der Waals surface area contributed by atoms with Gasteiger partial charge in [0.05, 0.1) is 0 Å². The second kappa shape index (κ2) is 5.32. The first kappa shape index (κ1) is 14.2. The minimum absolute atomic E-state index is 0. The molecule has 0 amide bonds. The normalized spacial score (nSPS) is 11.2. The van der Waals surface area contributed by atoms with E-state index in [1.165, 1.54) is 0 Å². The van der Waals surface area contributed by atoms with E-state index in [-0.39, 0.29) is 62.5 Å². The van der Waals surface area contributed by atoms with Crippen LogP contribution in [-0.2, 0) is 6.54 Å². The van der Waals surface area contributed by atoms with Crippen LogP contribution < -0.4 is 57.0 Å². The maximum Gasteiger partial charge on any atom is 1.00 e. The van der Waals surface area contributed by atoms with Crippen molar-refractivity contribution in [2.45, 2.75) is 13.5 Å². The molecule has 1 rings (SSSR count). The van der Waals surface area contributed by atoms with Gasteiger partial charge < -0.3 is 12.9 Å². The largest absolute Gasteiger partial charge is 1.00 e. The number of hydrogen-bond donors (Lipinski definition) is 0. The Kier molecular flexibility index (Phi) is 5.80. The Hall–Kier alpha value is 1.18. The number of aromatic nitrogens is 2. The third-order valence-corrected chi connectivity index (χ3v) is 1.80. The van der Waals surface area contributed by atoms with Gasteiger partial charge in [0.2, 0.25) is 0 Å². The molecule has 0 N–H and O–H groups in total. The number of halogens is 4. The molecular weight excluding hydrogens is 275 g/mol. The molecule has 0 unspecified atom stereocenters. The fraction of sp³-hybridized carbons (Fsp3) is 0.400. The zero-order valence-corrected chi connectivity index (χ0v) is 12.0. The summed E-state index contributed by atoms with van der Waals surface area (Å²) in [6.45, 7) is -3.11. The van der Waals surface area contributed by atoms with Crippen LogP contribution in [0.15, 0.2) is 10.7 Å². The molecular formula is C5H6BBrF3KN2. The van der Waals surface area contributed by atoms with Crippen molar-refractivity contribution < 1.29 is 64.3 Å². The molecule has 68 valence electrons. The van der Waals surface area contributed by atoms with Gasteiger partial charge in [0.1, 0.15) is 4.60 Å². The van der Waals surface area contributed by atoms with Gasteiger partial charge in [-0.05, 0) is 34.5 Å². The molecule has 8 heteroatoms. The molecule has 0 radical (unpaired) electrons. The molecule has 13 heavy (non-hydrogen) atoms. The molecule has 0 saturated carbocycles. The van der Waals surface area contributed by atoms with Gasteiger partial charge in [-0.1, -0.05) is 0 Å². The Balaban J connectivity index is 0.00000144. The third-order valence-electron chi connectivity index (χ3n) is 1.42. The summed E-state index contributed by atoms with van der Waals surface area (Å²) >= 11 is 2.89. The summed E-state index contributed by atoms with van der Waals surface area (Å²) in [6.07, 6.45) is 0. The molecule has 1 heterocycles. The smallest absolute Gasteiger partial charge is 0.444 e. The van der Waals surface area contributed by atoms with E-state index in [4.69, 9.17) is 0 Å². The number of rotatable bonds is 2. The van der Waals surface area contributed by atoms with Crippen molar-refractivity contribution in [3.63, 3.8) is 0 Å². The van der Waals surface area contributed by atoms with Gasteiger partial charge in [-0.15, -0.1) is 0 Å². The van der Waals surface area contributed by atoms with Gasteiger partial charge in [-0.2, -0.15) is 5.10 Å². The maximum absolute atomic E-state index is 12.2. The summed E-state index contributed by atoms with van der Waals surface area (Å²) in [5.41, 5.74) is -0.663. The van der Waals surface area contributed by atoms with Crippen LogP contribution in [0.25, 0.3) is 0 Å². The van der Waals surface area contributed by atoms with E-state index < -0.39 is 12.6 Å². The van der Waals surface area contributed by atoms with Crippen LogP contribution in [0.1, 0.15) is 6.92 Å². The van der Waals surface area contributed by atoms with Gasteiger partial charge in [0.25, 0.3) is 0 Å². The summed E-state index contributed by atoms with van der Waals surface area (Å²) in [5, 5.41) is 3.62. The molecule has 2 nitrogen and oxygen atoms in total. The first-order valence-electron chi connectivity index (χ1n) is 3.38. The molecule has 0 bridgehead atoms. The second-order valence-electron chi connectivity index (χ2n) is 2.28. The van der Waals surface area contributed by atoms with E-state index in [0.29, 0.717) is 0 Å². The van der Waals surface area contributed by atoms with Gasteiger partial charge in [-0.3, -0.25) is 4.68 Å². The zero-order chi connectivity index (χ0) is 9.35. The monoisotopic (exact) mass is 280 g/mol. The van der Waals surface area contributed by atoms with E-state index in [0.717, 1.165) is 10.7 Å². The molecule has 1 aromatic heterocycles. The molecule has 0 saturated heterocycles. The maximum atomic E-state index is 12.2. The quantitative estimate of drug-likeness (QED) is 0.618. The van der Waals surface area contributed by atoms with Crippen molar-refractivity contribution >= 4 is 28.5 Å².